The van der Waals surface area contributed by atoms with Crippen LogP contribution in [0.5, 0.6) is 0 Å². The highest BCUT2D eigenvalue weighted by molar-refractivity contribution is 6.20. The largest absolute Gasteiger partial charge is 0.462 e. The molecule has 0 spiro atoms. The molecule has 1 N–H and O–H groups in total. The van der Waals surface area contributed by atoms with Crippen LogP contribution in [-0.4, -0.2) is 33.4 Å². The monoisotopic (exact) mass is 384 g/mol. The van der Waals surface area contributed by atoms with Gasteiger partial charge in [-0.2, -0.15) is 5.10 Å². The van der Waals surface area contributed by atoms with E-state index in [4.69, 9.17) is 16.3 Å². The van der Waals surface area contributed by atoms with Crippen LogP contribution in [0.2, 0.25) is 0 Å². The Morgan fingerprint density at radius 1 is 1.33 bits per heavy atom. The Bertz CT molecular complexity index is 953. The van der Waals surface area contributed by atoms with E-state index in [9.17, 15) is 4.79 Å². The van der Waals surface area contributed by atoms with Crippen LogP contribution in [0.4, 0.5) is 5.69 Å². The molecule has 1 fully saturated rings. The molecule has 1 aliphatic carbocycles. The van der Waals surface area contributed by atoms with Gasteiger partial charge in [0.15, 0.2) is 5.65 Å². The molecule has 2 heterocycles. The van der Waals surface area contributed by atoms with Gasteiger partial charge >= 0.3 is 5.97 Å². The van der Waals surface area contributed by atoms with Gasteiger partial charge in [-0.1, -0.05) is 30.3 Å². The smallest absolute Gasteiger partial charge is 0.341 e. The SMILES string of the molecule is CCOC(=O)c1cnc2c(cnn2CC(Cl)c2ccccc2)c1NC1CC1. The van der Waals surface area contributed by atoms with Gasteiger partial charge in [-0.15, -0.1) is 11.6 Å². The predicted molar refractivity (Wildman–Crippen MR) is 105 cm³/mol. The van der Waals surface area contributed by atoms with Crippen LogP contribution in [0.15, 0.2) is 42.7 Å². The topological polar surface area (TPSA) is 69.0 Å². The number of alkyl halides is 1. The number of nitrogens with one attached hydrogen (secondary N) is 1. The van der Waals surface area contributed by atoms with E-state index in [2.05, 4.69) is 15.4 Å². The zero-order valence-electron chi connectivity index (χ0n) is 15.1. The van der Waals surface area contributed by atoms with Crippen molar-refractivity contribution in [2.24, 2.45) is 0 Å². The first-order valence-corrected chi connectivity index (χ1v) is 9.58. The average molecular weight is 385 g/mol. The third-order valence-corrected chi connectivity index (χ3v) is 4.97. The zero-order valence-corrected chi connectivity index (χ0v) is 15.8. The summed E-state index contributed by atoms with van der Waals surface area (Å²) in [4.78, 5) is 16.8. The molecule has 0 bridgehead atoms. The summed E-state index contributed by atoms with van der Waals surface area (Å²) in [6, 6.07) is 10.3. The van der Waals surface area contributed by atoms with Gasteiger partial charge in [0.2, 0.25) is 0 Å². The van der Waals surface area contributed by atoms with E-state index in [0.29, 0.717) is 30.4 Å². The van der Waals surface area contributed by atoms with Crippen molar-refractivity contribution in [3.05, 3.63) is 53.9 Å². The number of hydrogen-bond donors (Lipinski definition) is 1. The number of esters is 1. The summed E-state index contributed by atoms with van der Waals surface area (Å²) in [6.45, 7) is 2.60. The van der Waals surface area contributed by atoms with Gasteiger partial charge < -0.3 is 10.1 Å². The van der Waals surface area contributed by atoms with Gasteiger partial charge in [-0.05, 0) is 25.3 Å². The number of ether oxygens (including phenoxy) is 1. The summed E-state index contributed by atoms with van der Waals surface area (Å²) in [5.74, 6) is -0.373. The Kier molecular flexibility index (Phi) is 4.99. The summed E-state index contributed by atoms with van der Waals surface area (Å²) in [7, 11) is 0. The van der Waals surface area contributed by atoms with Crippen molar-refractivity contribution in [2.45, 2.75) is 37.7 Å². The lowest BCUT2D eigenvalue weighted by Gasteiger charge is -2.13. The highest BCUT2D eigenvalue weighted by Crippen LogP contribution is 2.33. The standard InChI is InChI=1S/C20H21ClN4O2/c1-2-27-20(26)16-10-22-19-15(18(16)24-14-8-9-14)11-23-25(19)12-17(21)13-6-4-3-5-7-13/h3-7,10-11,14,17H,2,8-9,12H2,1H3,(H,22,24). The fourth-order valence-electron chi connectivity index (χ4n) is 3.03. The van der Waals surface area contributed by atoms with Gasteiger partial charge in [0.25, 0.3) is 0 Å². The van der Waals surface area contributed by atoms with Gasteiger partial charge in [0.1, 0.15) is 5.56 Å². The first kappa shape index (κ1) is 17.8. The minimum Gasteiger partial charge on any atom is -0.462 e. The van der Waals surface area contributed by atoms with E-state index in [1.807, 2.05) is 30.3 Å². The van der Waals surface area contributed by atoms with Gasteiger partial charge in [-0.3, -0.25) is 0 Å². The minimum atomic E-state index is -0.373. The van der Waals surface area contributed by atoms with E-state index in [1.165, 1.54) is 0 Å². The minimum absolute atomic E-state index is 0.222. The Balaban J connectivity index is 1.69. The van der Waals surface area contributed by atoms with Crippen molar-refractivity contribution in [1.82, 2.24) is 14.8 Å². The fraction of sp³-hybridized carbons (Fsp3) is 0.350. The molecule has 0 saturated heterocycles. The molecule has 1 unspecified atom stereocenters. The molecule has 1 aromatic carbocycles. The van der Waals surface area contributed by atoms with Crippen molar-refractivity contribution in [2.75, 3.05) is 11.9 Å². The number of fused-ring (bicyclic) bond motifs is 1. The van der Waals surface area contributed by atoms with E-state index >= 15 is 0 Å². The molecule has 140 valence electrons. The van der Waals surface area contributed by atoms with Gasteiger partial charge in [-0.25, -0.2) is 14.5 Å². The summed E-state index contributed by atoms with van der Waals surface area (Å²) in [5, 5.41) is 8.50. The van der Waals surface area contributed by atoms with Crippen LogP contribution in [-0.2, 0) is 11.3 Å². The normalized spacial score (nSPS) is 14.9. The molecule has 7 heteroatoms. The lowest BCUT2D eigenvalue weighted by Crippen LogP contribution is -2.13. The number of rotatable bonds is 7. The summed E-state index contributed by atoms with van der Waals surface area (Å²) in [6.07, 6.45) is 5.50. The Morgan fingerprint density at radius 3 is 2.81 bits per heavy atom. The number of nitrogens with zero attached hydrogens (tertiary/aromatic N) is 3. The van der Waals surface area contributed by atoms with E-state index < -0.39 is 0 Å². The van der Waals surface area contributed by atoms with Crippen LogP contribution in [0, 0.1) is 0 Å². The third kappa shape index (κ3) is 3.76. The van der Waals surface area contributed by atoms with Crippen LogP contribution < -0.4 is 5.32 Å². The number of anilines is 1. The van der Waals surface area contributed by atoms with Crippen molar-refractivity contribution in [3.8, 4) is 0 Å². The van der Waals surface area contributed by atoms with Gasteiger partial charge in [0, 0.05) is 12.2 Å². The average Bonchev–Trinajstić information content (AvgIpc) is 3.41. The Morgan fingerprint density at radius 2 is 2.11 bits per heavy atom. The molecular weight excluding hydrogens is 364 g/mol. The van der Waals surface area contributed by atoms with E-state index in [0.717, 1.165) is 29.5 Å². The van der Waals surface area contributed by atoms with Crippen molar-refractivity contribution in [1.29, 1.82) is 0 Å². The summed E-state index contributed by atoms with van der Waals surface area (Å²) in [5.41, 5.74) is 2.93. The number of aromatic nitrogens is 3. The molecule has 0 radical (unpaired) electrons. The first-order chi connectivity index (χ1) is 13.2. The molecule has 4 rings (SSSR count). The molecule has 6 nitrogen and oxygen atoms in total. The Hall–Kier alpha value is -2.60. The third-order valence-electron chi connectivity index (χ3n) is 4.58. The number of hydrogen-bond acceptors (Lipinski definition) is 5. The molecule has 0 aliphatic heterocycles. The molecule has 1 atom stereocenters. The lowest BCUT2D eigenvalue weighted by atomic mass is 10.1. The molecule has 1 aliphatic rings. The van der Waals surface area contributed by atoms with E-state index in [-0.39, 0.29) is 11.3 Å². The fourth-order valence-corrected chi connectivity index (χ4v) is 3.31. The number of pyridine rings is 1. The number of benzene rings is 1. The molecule has 3 aromatic rings. The van der Waals surface area contributed by atoms with Crippen LogP contribution >= 0.6 is 11.6 Å². The van der Waals surface area contributed by atoms with Crippen LogP contribution in [0.25, 0.3) is 11.0 Å². The maximum Gasteiger partial charge on any atom is 0.341 e. The second-order valence-corrected chi connectivity index (χ2v) is 7.15. The quantitative estimate of drug-likeness (QED) is 0.489. The van der Waals surface area contributed by atoms with Gasteiger partial charge in [0.05, 0.1) is 35.8 Å². The molecular formula is C20H21ClN4O2. The second kappa shape index (κ2) is 7.56. The maximum atomic E-state index is 12.3. The van der Waals surface area contributed by atoms with E-state index in [1.54, 1.807) is 24.0 Å². The molecule has 0 amide bonds. The molecule has 2 aromatic heterocycles. The van der Waals surface area contributed by atoms with Crippen molar-refractivity contribution in [3.63, 3.8) is 0 Å². The maximum absolute atomic E-state index is 12.3. The summed E-state index contributed by atoms with van der Waals surface area (Å²) >= 11 is 6.58. The van der Waals surface area contributed by atoms with Crippen molar-refractivity contribution < 1.29 is 9.53 Å². The first-order valence-electron chi connectivity index (χ1n) is 9.14. The lowest BCUT2D eigenvalue weighted by molar-refractivity contribution is 0.0527. The van der Waals surface area contributed by atoms with Crippen LogP contribution in [0.1, 0.15) is 41.1 Å². The number of halogens is 1. The highest BCUT2D eigenvalue weighted by atomic mass is 35.5. The highest BCUT2D eigenvalue weighted by Gasteiger charge is 2.26. The second-order valence-electron chi connectivity index (χ2n) is 6.63. The summed E-state index contributed by atoms with van der Waals surface area (Å²) < 4.78 is 6.97. The van der Waals surface area contributed by atoms with Crippen LogP contribution in [0.3, 0.4) is 0 Å². The zero-order chi connectivity index (χ0) is 18.8. The molecule has 1 saturated carbocycles. The Labute approximate surface area is 162 Å². The number of carbonyl (C=O) groups excluding carboxylic acids is 1. The number of carbonyl (C=O) groups is 1. The van der Waals surface area contributed by atoms with Crippen molar-refractivity contribution >= 4 is 34.3 Å². The molecule has 27 heavy (non-hydrogen) atoms. The predicted octanol–water partition coefficient (Wildman–Crippen LogP) is 4.16.